The molecule has 1 aromatic rings. The van der Waals surface area contributed by atoms with Crippen LogP contribution in [0.4, 0.5) is 0 Å². The van der Waals surface area contributed by atoms with Crippen LogP contribution in [0.3, 0.4) is 0 Å². The molecule has 0 aromatic heterocycles. The van der Waals surface area contributed by atoms with E-state index in [1.54, 1.807) is 31.2 Å². The third kappa shape index (κ3) is 4.79. The van der Waals surface area contributed by atoms with E-state index in [0.29, 0.717) is 10.0 Å². The molecule has 0 amide bonds. The van der Waals surface area contributed by atoms with E-state index in [0.717, 1.165) is 0 Å². The van der Waals surface area contributed by atoms with Crippen molar-refractivity contribution in [3.05, 3.63) is 46.0 Å². The number of hydrogen-bond acceptors (Lipinski definition) is 8. The molecule has 1 aliphatic heterocycles. The average molecular weight is 505 g/mol. The van der Waals surface area contributed by atoms with Gasteiger partial charge in [-0.2, -0.15) is 0 Å². The zero-order chi connectivity index (χ0) is 21.9. The molecule has 3 atom stereocenters. The van der Waals surface area contributed by atoms with Gasteiger partial charge in [0, 0.05) is 10.9 Å². The van der Waals surface area contributed by atoms with Gasteiger partial charge in [-0.3, -0.25) is 0 Å². The molecule has 1 saturated heterocycles. The molecule has 0 radical (unpaired) electrons. The van der Waals surface area contributed by atoms with Crippen LogP contribution in [0.15, 0.2) is 40.4 Å². The number of halogens is 1. The SMILES string of the molecule is CCOC(=O)C1=CC2(CCC1S(=O)(=O)Cc1ccccc1Br)O[C@H](CO)[C@@H](CO)O2. The van der Waals surface area contributed by atoms with Crippen LogP contribution < -0.4 is 0 Å². The summed E-state index contributed by atoms with van der Waals surface area (Å²) in [5, 5.41) is 17.9. The Morgan fingerprint density at radius 2 is 1.87 bits per heavy atom. The Balaban J connectivity index is 1.95. The summed E-state index contributed by atoms with van der Waals surface area (Å²) in [7, 11) is -3.76. The summed E-state index contributed by atoms with van der Waals surface area (Å²) in [6.07, 6.45) is 0.0252. The smallest absolute Gasteiger partial charge is 0.335 e. The van der Waals surface area contributed by atoms with Crippen LogP contribution >= 0.6 is 15.9 Å². The van der Waals surface area contributed by atoms with E-state index >= 15 is 0 Å². The normalized spacial score (nSPS) is 25.9. The van der Waals surface area contributed by atoms with Gasteiger partial charge in [-0.15, -0.1) is 0 Å². The van der Waals surface area contributed by atoms with Crippen molar-refractivity contribution >= 4 is 31.7 Å². The lowest BCUT2D eigenvalue weighted by molar-refractivity contribution is -0.154. The van der Waals surface area contributed by atoms with E-state index < -0.39 is 39.1 Å². The second-order valence-electron chi connectivity index (χ2n) is 7.24. The van der Waals surface area contributed by atoms with Crippen molar-refractivity contribution in [3.63, 3.8) is 0 Å². The molecule has 1 aromatic carbocycles. The molecule has 0 bridgehead atoms. The number of ether oxygens (including phenoxy) is 3. The number of aliphatic hydroxyl groups excluding tert-OH is 2. The molecule has 2 N–H and O–H groups in total. The molecule has 1 heterocycles. The fraction of sp³-hybridized carbons (Fsp3) is 0.550. The molecule has 2 aliphatic rings. The fourth-order valence-electron chi connectivity index (χ4n) is 3.79. The zero-order valence-corrected chi connectivity index (χ0v) is 18.9. The first-order chi connectivity index (χ1) is 14.2. The van der Waals surface area contributed by atoms with Gasteiger partial charge in [-0.25, -0.2) is 13.2 Å². The minimum Gasteiger partial charge on any atom is -0.463 e. The van der Waals surface area contributed by atoms with Crippen molar-refractivity contribution in [2.24, 2.45) is 0 Å². The molecule has 1 spiro atoms. The lowest BCUT2D eigenvalue weighted by Crippen LogP contribution is -2.41. The van der Waals surface area contributed by atoms with Crippen molar-refractivity contribution in [2.45, 2.75) is 48.8 Å². The predicted octanol–water partition coefficient (Wildman–Crippen LogP) is 1.48. The summed E-state index contributed by atoms with van der Waals surface area (Å²) in [4.78, 5) is 12.6. The minimum atomic E-state index is -3.76. The Hall–Kier alpha value is -1.30. The molecular weight excluding hydrogens is 480 g/mol. The third-order valence-electron chi connectivity index (χ3n) is 5.21. The van der Waals surface area contributed by atoms with E-state index in [9.17, 15) is 23.4 Å². The molecule has 166 valence electrons. The van der Waals surface area contributed by atoms with E-state index in [2.05, 4.69) is 15.9 Å². The third-order valence-corrected chi connectivity index (χ3v) is 8.06. The first-order valence-electron chi connectivity index (χ1n) is 9.67. The molecular formula is C20H25BrO8S. The van der Waals surface area contributed by atoms with Gasteiger partial charge in [-0.1, -0.05) is 34.1 Å². The second-order valence-corrected chi connectivity index (χ2v) is 10.3. The van der Waals surface area contributed by atoms with Crippen LogP contribution in [-0.4, -0.2) is 67.7 Å². The van der Waals surface area contributed by atoms with E-state index in [-0.39, 0.29) is 44.0 Å². The van der Waals surface area contributed by atoms with Crippen LogP contribution in [0.25, 0.3) is 0 Å². The van der Waals surface area contributed by atoms with Gasteiger partial charge in [0.25, 0.3) is 0 Å². The molecule has 0 saturated carbocycles. The van der Waals surface area contributed by atoms with Crippen LogP contribution in [0.5, 0.6) is 0 Å². The van der Waals surface area contributed by atoms with Crippen LogP contribution in [0.1, 0.15) is 25.3 Å². The number of esters is 1. The van der Waals surface area contributed by atoms with E-state index in [4.69, 9.17) is 14.2 Å². The van der Waals surface area contributed by atoms with Gasteiger partial charge >= 0.3 is 5.97 Å². The number of carbonyl (C=O) groups is 1. The minimum absolute atomic E-state index is 0.0505. The van der Waals surface area contributed by atoms with Gasteiger partial charge < -0.3 is 24.4 Å². The van der Waals surface area contributed by atoms with Crippen molar-refractivity contribution in [1.29, 1.82) is 0 Å². The molecule has 10 heteroatoms. The van der Waals surface area contributed by atoms with Gasteiger partial charge in [0.15, 0.2) is 15.6 Å². The second kappa shape index (κ2) is 9.46. The van der Waals surface area contributed by atoms with Crippen LogP contribution in [0, 0.1) is 0 Å². The topological polar surface area (TPSA) is 119 Å². The number of rotatable bonds is 7. The van der Waals surface area contributed by atoms with E-state index in [1.807, 2.05) is 0 Å². The first-order valence-corrected chi connectivity index (χ1v) is 12.2. The zero-order valence-electron chi connectivity index (χ0n) is 16.5. The summed E-state index contributed by atoms with van der Waals surface area (Å²) in [6, 6.07) is 7.00. The number of benzene rings is 1. The number of hydrogen-bond donors (Lipinski definition) is 2. The summed E-state index contributed by atoms with van der Waals surface area (Å²) in [6.45, 7) is 0.965. The highest BCUT2D eigenvalue weighted by Gasteiger charge is 2.51. The standard InChI is InChI=1S/C20H25BrO8S/c1-2-27-19(24)14-9-20(28-16(10-22)17(11-23)29-20)8-7-18(14)30(25,26)12-13-5-3-4-6-15(13)21/h3-6,9,16-18,22-23H,2,7-8,10-12H2,1H3/t16-,17-,18?/m1/s1. The van der Waals surface area contributed by atoms with Gasteiger partial charge in [0.1, 0.15) is 12.2 Å². The highest BCUT2D eigenvalue weighted by molar-refractivity contribution is 9.10. The van der Waals surface area contributed by atoms with Gasteiger partial charge in [0.05, 0.1) is 36.4 Å². The van der Waals surface area contributed by atoms with Gasteiger partial charge in [0.2, 0.25) is 0 Å². The Labute approximate surface area is 183 Å². The number of carbonyl (C=O) groups excluding carboxylic acids is 1. The van der Waals surface area contributed by atoms with Crippen molar-refractivity contribution < 1.29 is 37.6 Å². The van der Waals surface area contributed by atoms with E-state index in [1.165, 1.54) is 6.08 Å². The van der Waals surface area contributed by atoms with Crippen molar-refractivity contribution in [1.82, 2.24) is 0 Å². The summed E-state index contributed by atoms with van der Waals surface area (Å²) in [5.74, 6) is -2.39. The largest absolute Gasteiger partial charge is 0.463 e. The Bertz CT molecular complexity index is 901. The highest BCUT2D eigenvalue weighted by Crippen LogP contribution is 2.41. The molecule has 30 heavy (non-hydrogen) atoms. The maximum absolute atomic E-state index is 13.2. The first kappa shape index (κ1) is 23.4. The van der Waals surface area contributed by atoms with Crippen molar-refractivity contribution in [2.75, 3.05) is 19.8 Å². The number of sulfone groups is 1. The lowest BCUT2D eigenvalue weighted by atomic mass is 9.94. The Morgan fingerprint density at radius 1 is 1.23 bits per heavy atom. The monoisotopic (exact) mass is 504 g/mol. The molecule has 1 aliphatic carbocycles. The summed E-state index contributed by atoms with van der Waals surface area (Å²) >= 11 is 3.36. The molecule has 3 rings (SSSR count). The average Bonchev–Trinajstić information content (AvgIpc) is 3.06. The summed E-state index contributed by atoms with van der Waals surface area (Å²) < 4.78 is 43.8. The molecule has 8 nitrogen and oxygen atoms in total. The Morgan fingerprint density at radius 3 is 2.43 bits per heavy atom. The quantitative estimate of drug-likeness (QED) is 0.535. The predicted molar refractivity (Wildman–Crippen MR) is 111 cm³/mol. The highest BCUT2D eigenvalue weighted by atomic mass is 79.9. The van der Waals surface area contributed by atoms with Crippen molar-refractivity contribution in [3.8, 4) is 0 Å². The molecule has 1 unspecified atom stereocenters. The van der Waals surface area contributed by atoms with Crippen LogP contribution in [-0.2, 0) is 34.6 Å². The maximum atomic E-state index is 13.2. The number of aliphatic hydroxyl groups is 2. The summed E-state index contributed by atoms with van der Waals surface area (Å²) in [5.41, 5.74) is 0.542. The maximum Gasteiger partial charge on any atom is 0.335 e. The Kier molecular flexibility index (Phi) is 7.36. The fourth-order valence-corrected chi connectivity index (χ4v) is 6.31. The molecule has 1 fully saturated rings. The lowest BCUT2D eigenvalue weighted by Gasteiger charge is -2.33. The van der Waals surface area contributed by atoms with Gasteiger partial charge in [-0.05, 0) is 31.1 Å². The van der Waals surface area contributed by atoms with Crippen LogP contribution in [0.2, 0.25) is 0 Å².